The highest BCUT2D eigenvalue weighted by Gasteiger charge is 2.27. The van der Waals surface area contributed by atoms with Crippen LogP contribution >= 0.6 is 0 Å². The topological polar surface area (TPSA) is 68.7 Å². The number of nitrogens with two attached hydrogens (primary N) is 1. The predicted molar refractivity (Wildman–Crippen MR) is 133 cm³/mol. The smallest absolute Gasteiger partial charge is 0.150 e. The van der Waals surface area contributed by atoms with Gasteiger partial charge in [0.05, 0.1) is 0 Å². The van der Waals surface area contributed by atoms with Gasteiger partial charge >= 0.3 is 0 Å². The van der Waals surface area contributed by atoms with Gasteiger partial charge in [-0.3, -0.25) is 4.40 Å². The van der Waals surface area contributed by atoms with E-state index in [1.807, 2.05) is 60.8 Å². The van der Waals surface area contributed by atoms with Crippen molar-refractivity contribution >= 4 is 11.3 Å². The van der Waals surface area contributed by atoms with Gasteiger partial charge in [-0.05, 0) is 82.1 Å². The molecular weight excluding hydrogens is 410 g/mol. The highest BCUT2D eigenvalue weighted by Crippen LogP contribution is 2.39. The van der Waals surface area contributed by atoms with Crippen LogP contribution < -0.4 is 10.5 Å². The fourth-order valence-electron chi connectivity index (χ4n) is 5.00. The van der Waals surface area contributed by atoms with Crippen LogP contribution in [0.25, 0.3) is 16.8 Å². The van der Waals surface area contributed by atoms with E-state index in [-0.39, 0.29) is 0 Å². The fourth-order valence-corrected chi connectivity index (χ4v) is 5.00. The van der Waals surface area contributed by atoms with Crippen molar-refractivity contribution in [1.29, 1.82) is 0 Å². The number of anilines is 1. The lowest BCUT2D eigenvalue weighted by Crippen LogP contribution is -2.25. The standard InChI is InChI=1S/C27H31N5O/c1-31(2)18-19-8-10-21(11-9-19)27-30-24(25-26(28)29-16-17-32(25)27)20-12-14-23(15-13-20)33-22-6-4-3-5-7-22/h3-7,12-17,19,21H,8-11,18H2,1-2H3,(H2,28,29)/t19-,21-. The minimum Gasteiger partial charge on any atom is -0.457 e. The Hall–Kier alpha value is -3.38. The quantitative estimate of drug-likeness (QED) is 0.421. The second kappa shape index (κ2) is 9.24. The molecule has 6 heteroatoms. The van der Waals surface area contributed by atoms with E-state index in [0.717, 1.165) is 59.4 Å². The lowest BCUT2D eigenvalue weighted by atomic mass is 9.81. The molecule has 1 fully saturated rings. The third kappa shape index (κ3) is 4.57. The van der Waals surface area contributed by atoms with Gasteiger partial charge in [-0.25, -0.2) is 9.97 Å². The monoisotopic (exact) mass is 441 g/mol. The minimum atomic E-state index is 0.437. The molecule has 4 aromatic rings. The number of nitrogen functional groups attached to an aromatic ring is 1. The van der Waals surface area contributed by atoms with E-state index in [1.54, 1.807) is 6.20 Å². The maximum Gasteiger partial charge on any atom is 0.150 e. The van der Waals surface area contributed by atoms with Crippen LogP contribution in [0.2, 0.25) is 0 Å². The molecule has 0 aliphatic heterocycles. The molecule has 0 saturated heterocycles. The Kier molecular flexibility index (Phi) is 6.01. The van der Waals surface area contributed by atoms with Crippen molar-refractivity contribution in [2.45, 2.75) is 31.6 Å². The SMILES string of the molecule is CN(C)C[C@H]1CC[C@H](c2nc(-c3ccc(Oc4ccccc4)cc3)c3c(N)nccn32)CC1. The van der Waals surface area contributed by atoms with Gasteiger partial charge in [-0.1, -0.05) is 18.2 Å². The number of para-hydroxylation sites is 1. The number of hydrogen-bond donors (Lipinski definition) is 1. The van der Waals surface area contributed by atoms with Gasteiger partial charge in [0.15, 0.2) is 0 Å². The van der Waals surface area contributed by atoms with Crippen LogP contribution in [0.15, 0.2) is 67.0 Å². The van der Waals surface area contributed by atoms with E-state index in [0.29, 0.717) is 11.7 Å². The summed E-state index contributed by atoms with van der Waals surface area (Å²) < 4.78 is 8.11. The molecule has 5 rings (SSSR count). The van der Waals surface area contributed by atoms with Crippen molar-refractivity contribution in [3.8, 4) is 22.8 Å². The summed E-state index contributed by atoms with van der Waals surface area (Å²) in [5, 5.41) is 0. The van der Waals surface area contributed by atoms with Crippen molar-refractivity contribution in [1.82, 2.24) is 19.3 Å². The Balaban J connectivity index is 1.43. The highest BCUT2D eigenvalue weighted by molar-refractivity contribution is 5.85. The summed E-state index contributed by atoms with van der Waals surface area (Å²) >= 11 is 0. The summed E-state index contributed by atoms with van der Waals surface area (Å²) in [5.74, 6) is 4.43. The average molecular weight is 442 g/mol. The summed E-state index contributed by atoms with van der Waals surface area (Å²) in [4.78, 5) is 11.8. The zero-order valence-corrected chi connectivity index (χ0v) is 19.3. The van der Waals surface area contributed by atoms with Gasteiger partial charge in [0, 0.05) is 30.4 Å². The normalized spacial score (nSPS) is 18.6. The molecule has 0 amide bonds. The number of fused-ring (bicyclic) bond motifs is 1. The molecule has 0 radical (unpaired) electrons. The molecule has 33 heavy (non-hydrogen) atoms. The second-order valence-corrected chi connectivity index (χ2v) is 9.27. The van der Waals surface area contributed by atoms with Crippen molar-refractivity contribution in [3.63, 3.8) is 0 Å². The number of imidazole rings is 1. The Morgan fingerprint density at radius 1 is 0.970 bits per heavy atom. The highest BCUT2D eigenvalue weighted by atomic mass is 16.5. The third-order valence-corrected chi connectivity index (χ3v) is 6.55. The fraction of sp³-hybridized carbons (Fsp3) is 0.333. The Labute approximate surface area is 195 Å². The molecule has 0 unspecified atom stereocenters. The van der Waals surface area contributed by atoms with Crippen LogP contribution in [0.5, 0.6) is 11.5 Å². The molecule has 1 saturated carbocycles. The van der Waals surface area contributed by atoms with Crippen molar-refractivity contribution in [2.75, 3.05) is 26.4 Å². The van der Waals surface area contributed by atoms with Crippen molar-refractivity contribution in [2.24, 2.45) is 5.92 Å². The largest absolute Gasteiger partial charge is 0.457 e. The van der Waals surface area contributed by atoms with Gasteiger partial charge in [-0.15, -0.1) is 0 Å². The van der Waals surface area contributed by atoms with E-state index in [9.17, 15) is 0 Å². The maximum absolute atomic E-state index is 6.34. The Morgan fingerprint density at radius 3 is 2.36 bits per heavy atom. The van der Waals surface area contributed by atoms with Gasteiger partial charge < -0.3 is 15.4 Å². The van der Waals surface area contributed by atoms with E-state index >= 15 is 0 Å². The molecule has 0 atom stereocenters. The molecule has 1 aliphatic rings. The first-order valence-electron chi connectivity index (χ1n) is 11.7. The van der Waals surface area contributed by atoms with Crippen molar-refractivity contribution < 1.29 is 4.74 Å². The number of aromatic nitrogens is 3. The summed E-state index contributed by atoms with van der Waals surface area (Å²) in [6.45, 7) is 1.16. The van der Waals surface area contributed by atoms with Crippen LogP contribution in [-0.4, -0.2) is 39.9 Å². The molecule has 0 bridgehead atoms. The number of nitrogens with zero attached hydrogens (tertiary/aromatic N) is 4. The molecule has 6 nitrogen and oxygen atoms in total. The number of rotatable bonds is 6. The summed E-state index contributed by atoms with van der Waals surface area (Å²) in [6.07, 6.45) is 8.55. The van der Waals surface area contributed by atoms with Gasteiger partial charge in [0.2, 0.25) is 0 Å². The number of benzene rings is 2. The van der Waals surface area contributed by atoms with Crippen LogP contribution in [-0.2, 0) is 0 Å². The molecule has 0 spiro atoms. The van der Waals surface area contributed by atoms with E-state index < -0.39 is 0 Å². The average Bonchev–Trinajstić information content (AvgIpc) is 3.21. The molecule has 2 heterocycles. The Bertz CT molecular complexity index is 1210. The Morgan fingerprint density at radius 2 is 1.67 bits per heavy atom. The lowest BCUT2D eigenvalue weighted by Gasteiger charge is -2.29. The summed E-state index contributed by atoms with van der Waals surface area (Å²) in [7, 11) is 4.32. The van der Waals surface area contributed by atoms with Crippen LogP contribution in [0.3, 0.4) is 0 Å². The zero-order valence-electron chi connectivity index (χ0n) is 19.3. The molecular formula is C27H31N5O. The first-order chi connectivity index (χ1) is 16.1. The third-order valence-electron chi connectivity index (χ3n) is 6.55. The van der Waals surface area contributed by atoms with Crippen LogP contribution in [0, 0.1) is 5.92 Å². The van der Waals surface area contributed by atoms with E-state index in [1.165, 1.54) is 12.8 Å². The minimum absolute atomic E-state index is 0.437. The lowest BCUT2D eigenvalue weighted by molar-refractivity contribution is 0.246. The maximum atomic E-state index is 6.34. The van der Waals surface area contributed by atoms with Gasteiger partial charge in [0.1, 0.15) is 34.4 Å². The zero-order chi connectivity index (χ0) is 22.8. The molecule has 2 aromatic heterocycles. The number of ether oxygens (including phenoxy) is 1. The summed E-state index contributed by atoms with van der Waals surface area (Å²) in [5.41, 5.74) is 9.13. The van der Waals surface area contributed by atoms with E-state index in [2.05, 4.69) is 28.4 Å². The van der Waals surface area contributed by atoms with Crippen molar-refractivity contribution in [3.05, 3.63) is 72.8 Å². The molecule has 170 valence electrons. The number of hydrogen-bond acceptors (Lipinski definition) is 5. The van der Waals surface area contributed by atoms with Gasteiger partial charge in [0.25, 0.3) is 0 Å². The molecule has 2 aromatic carbocycles. The molecule has 2 N–H and O–H groups in total. The first kappa shape index (κ1) is 21.5. The second-order valence-electron chi connectivity index (χ2n) is 9.27. The predicted octanol–water partition coefficient (Wildman–Crippen LogP) is 5.61. The van der Waals surface area contributed by atoms with E-state index in [4.69, 9.17) is 15.5 Å². The first-order valence-corrected chi connectivity index (χ1v) is 11.7. The summed E-state index contributed by atoms with van der Waals surface area (Å²) in [6, 6.07) is 17.8. The van der Waals surface area contributed by atoms with Crippen LogP contribution in [0.4, 0.5) is 5.82 Å². The van der Waals surface area contributed by atoms with Crippen LogP contribution in [0.1, 0.15) is 37.4 Å². The molecule has 1 aliphatic carbocycles. The van der Waals surface area contributed by atoms with Gasteiger partial charge in [-0.2, -0.15) is 0 Å².